The molecule has 2 bridgehead atoms. The number of piperidine rings is 1. The number of nitrogens with zero attached hydrogens (tertiary/aromatic N) is 1. The van der Waals surface area contributed by atoms with Gasteiger partial charge in [-0.25, -0.2) is 4.79 Å². The molecule has 1 amide bonds. The van der Waals surface area contributed by atoms with Gasteiger partial charge in [0.1, 0.15) is 5.60 Å². The van der Waals surface area contributed by atoms with E-state index in [4.69, 9.17) is 4.74 Å². The first-order chi connectivity index (χ1) is 7.79. The lowest BCUT2D eigenvalue weighted by molar-refractivity contribution is -0.123. The van der Waals surface area contributed by atoms with Crippen molar-refractivity contribution in [1.82, 2.24) is 4.90 Å². The zero-order chi connectivity index (χ0) is 12.8. The number of hydrogen-bond donors (Lipinski definition) is 0. The molecule has 1 aliphatic heterocycles. The van der Waals surface area contributed by atoms with Crippen LogP contribution in [0, 0.1) is 5.92 Å². The first-order valence-electron chi connectivity index (χ1n) is 6.31. The van der Waals surface area contributed by atoms with E-state index < -0.39 is 5.60 Å². The van der Waals surface area contributed by atoms with Crippen LogP contribution in [-0.4, -0.2) is 34.5 Å². The summed E-state index contributed by atoms with van der Waals surface area (Å²) in [6.45, 7) is 7.12. The van der Waals surface area contributed by atoms with Crippen LogP contribution in [-0.2, 0) is 9.53 Å². The Morgan fingerprint density at radius 1 is 1.24 bits per heavy atom. The zero-order valence-electron chi connectivity index (χ0n) is 11.0. The summed E-state index contributed by atoms with van der Waals surface area (Å²) in [5.74, 6) is 0.438. The molecular formula is C13H21NO3. The number of carbonyl (C=O) groups excluding carboxylic acids is 2. The molecule has 0 spiro atoms. The van der Waals surface area contributed by atoms with E-state index in [1.807, 2.05) is 20.8 Å². The quantitative estimate of drug-likeness (QED) is 0.705. The molecule has 0 N–H and O–H groups in total. The molecule has 3 atom stereocenters. The fraction of sp³-hybridized carbons (Fsp3) is 0.846. The maximum atomic E-state index is 12.1. The van der Waals surface area contributed by atoms with Crippen molar-refractivity contribution in [2.45, 2.75) is 64.6 Å². The third-order valence-corrected chi connectivity index (χ3v) is 3.61. The van der Waals surface area contributed by atoms with E-state index in [2.05, 4.69) is 0 Å². The number of amides is 1. The number of hydrogen-bond acceptors (Lipinski definition) is 3. The highest BCUT2D eigenvalue weighted by molar-refractivity contribution is 5.87. The van der Waals surface area contributed by atoms with Crippen LogP contribution in [0.1, 0.15) is 47.0 Å². The molecule has 0 aromatic carbocycles. The van der Waals surface area contributed by atoms with Crippen LogP contribution < -0.4 is 0 Å². The van der Waals surface area contributed by atoms with Gasteiger partial charge in [-0.3, -0.25) is 9.69 Å². The van der Waals surface area contributed by atoms with Gasteiger partial charge in [0, 0.05) is 6.04 Å². The third-order valence-electron chi connectivity index (χ3n) is 3.61. The van der Waals surface area contributed by atoms with Crippen LogP contribution in [0.3, 0.4) is 0 Å². The molecule has 1 saturated carbocycles. The Morgan fingerprint density at radius 3 is 2.41 bits per heavy atom. The Labute approximate surface area is 102 Å². The lowest BCUT2D eigenvalue weighted by atomic mass is 9.96. The number of carbonyl (C=O) groups is 2. The van der Waals surface area contributed by atoms with Crippen molar-refractivity contribution in [3.05, 3.63) is 0 Å². The largest absolute Gasteiger partial charge is 0.444 e. The smallest absolute Gasteiger partial charge is 0.411 e. The summed E-state index contributed by atoms with van der Waals surface area (Å²) in [5.41, 5.74) is -0.500. The van der Waals surface area contributed by atoms with Gasteiger partial charge in [0.2, 0.25) is 0 Å². The Hall–Kier alpha value is -1.06. The van der Waals surface area contributed by atoms with Gasteiger partial charge in [0.25, 0.3) is 0 Å². The van der Waals surface area contributed by atoms with Crippen molar-refractivity contribution < 1.29 is 14.3 Å². The van der Waals surface area contributed by atoms with Gasteiger partial charge in [0.05, 0.1) is 6.04 Å². The second kappa shape index (κ2) is 4.00. The van der Waals surface area contributed by atoms with Gasteiger partial charge in [-0.05, 0) is 52.9 Å². The average molecular weight is 239 g/mol. The molecule has 17 heavy (non-hydrogen) atoms. The average Bonchev–Trinajstić information content (AvgIpc) is 2.72. The van der Waals surface area contributed by atoms with Gasteiger partial charge >= 0.3 is 6.09 Å². The number of rotatable bonds is 1. The van der Waals surface area contributed by atoms with Crippen LogP contribution in [0.4, 0.5) is 4.79 Å². The van der Waals surface area contributed by atoms with E-state index in [9.17, 15) is 9.59 Å². The van der Waals surface area contributed by atoms with Gasteiger partial charge in [-0.1, -0.05) is 0 Å². The highest BCUT2D eigenvalue weighted by atomic mass is 16.6. The summed E-state index contributed by atoms with van der Waals surface area (Å²) in [5, 5.41) is 0. The molecule has 96 valence electrons. The number of fused-ring (bicyclic) bond motifs is 2. The monoisotopic (exact) mass is 239 g/mol. The molecule has 1 aliphatic carbocycles. The number of likely N-dealkylation sites (tertiary alicyclic amines) is 1. The molecular weight excluding hydrogens is 218 g/mol. The minimum atomic E-state index is -0.500. The number of ether oxygens (including phenoxy) is 1. The number of ketones is 1. The fourth-order valence-corrected chi connectivity index (χ4v) is 3.09. The topological polar surface area (TPSA) is 46.6 Å². The van der Waals surface area contributed by atoms with Crippen LogP contribution >= 0.6 is 0 Å². The summed E-state index contributed by atoms with van der Waals surface area (Å²) in [6, 6.07) is -0.0349. The second-order valence-electron chi connectivity index (χ2n) is 6.17. The number of Topliss-reactive ketones (excluding diaryl/α,β-unsaturated/α-hetero) is 1. The first kappa shape index (κ1) is 12.4. The van der Waals surface area contributed by atoms with Crippen molar-refractivity contribution >= 4 is 11.9 Å². The van der Waals surface area contributed by atoms with E-state index in [0.29, 0.717) is 5.92 Å². The standard InChI is InChI=1S/C13H21NO3/c1-8(15)11-9-5-6-10(7-9)14(11)12(16)17-13(2,3)4/h9-11H,5-7H2,1-4H3/t9-,10?,11?/m0/s1. The Balaban J connectivity index is 2.14. The Bertz CT molecular complexity index is 345. The van der Waals surface area contributed by atoms with Crippen LogP contribution in [0.2, 0.25) is 0 Å². The lowest BCUT2D eigenvalue weighted by Crippen LogP contribution is -2.50. The molecule has 2 fully saturated rings. The predicted molar refractivity (Wildman–Crippen MR) is 63.7 cm³/mol. The molecule has 2 rings (SSSR count). The van der Waals surface area contributed by atoms with E-state index in [1.54, 1.807) is 11.8 Å². The molecule has 1 saturated heterocycles. The highest BCUT2D eigenvalue weighted by Gasteiger charge is 2.51. The van der Waals surface area contributed by atoms with Gasteiger partial charge in [-0.2, -0.15) is 0 Å². The SMILES string of the molecule is CC(=O)C1[C@H]2CCC(C2)N1C(=O)OC(C)(C)C. The summed E-state index contributed by atoms with van der Waals surface area (Å²) in [6.07, 6.45) is 2.70. The first-order valence-corrected chi connectivity index (χ1v) is 6.31. The summed E-state index contributed by atoms with van der Waals surface area (Å²) in [4.78, 5) is 25.5. The molecule has 2 unspecified atom stereocenters. The van der Waals surface area contributed by atoms with Gasteiger partial charge < -0.3 is 4.74 Å². The van der Waals surface area contributed by atoms with Crippen LogP contribution in [0.5, 0.6) is 0 Å². The van der Waals surface area contributed by atoms with Gasteiger partial charge in [-0.15, -0.1) is 0 Å². The minimum absolute atomic E-state index is 0.0862. The minimum Gasteiger partial charge on any atom is -0.444 e. The maximum Gasteiger partial charge on any atom is 0.411 e. The summed E-state index contributed by atoms with van der Waals surface area (Å²) < 4.78 is 5.39. The molecule has 4 nitrogen and oxygen atoms in total. The van der Waals surface area contributed by atoms with Gasteiger partial charge in [0.15, 0.2) is 5.78 Å². The summed E-state index contributed by atoms with van der Waals surface area (Å²) >= 11 is 0. The van der Waals surface area contributed by atoms with Crippen LogP contribution in [0.25, 0.3) is 0 Å². The van der Waals surface area contributed by atoms with E-state index >= 15 is 0 Å². The van der Waals surface area contributed by atoms with Crippen molar-refractivity contribution in [2.75, 3.05) is 0 Å². The zero-order valence-corrected chi connectivity index (χ0v) is 11.0. The third kappa shape index (κ3) is 2.31. The van der Waals surface area contributed by atoms with E-state index in [-0.39, 0.29) is 24.0 Å². The van der Waals surface area contributed by atoms with Crippen LogP contribution in [0.15, 0.2) is 0 Å². The second-order valence-corrected chi connectivity index (χ2v) is 6.17. The molecule has 0 aromatic rings. The maximum absolute atomic E-state index is 12.1. The molecule has 0 aromatic heterocycles. The molecule has 4 heteroatoms. The summed E-state index contributed by atoms with van der Waals surface area (Å²) in [7, 11) is 0. The highest BCUT2D eigenvalue weighted by Crippen LogP contribution is 2.43. The Morgan fingerprint density at radius 2 is 1.88 bits per heavy atom. The van der Waals surface area contributed by atoms with Crippen molar-refractivity contribution in [3.63, 3.8) is 0 Å². The lowest BCUT2D eigenvalue weighted by Gasteiger charge is -2.35. The van der Waals surface area contributed by atoms with E-state index in [0.717, 1.165) is 19.3 Å². The normalized spacial score (nSPS) is 31.8. The van der Waals surface area contributed by atoms with E-state index in [1.165, 1.54) is 0 Å². The molecule has 0 radical (unpaired) electrons. The molecule has 2 aliphatic rings. The predicted octanol–water partition coefficient (Wildman–Crippen LogP) is 2.36. The van der Waals surface area contributed by atoms with Crippen molar-refractivity contribution in [1.29, 1.82) is 0 Å². The Kier molecular flexibility index (Phi) is 2.92. The van der Waals surface area contributed by atoms with Crippen molar-refractivity contribution in [2.24, 2.45) is 5.92 Å². The fourth-order valence-electron chi connectivity index (χ4n) is 3.09. The van der Waals surface area contributed by atoms with Crippen molar-refractivity contribution in [3.8, 4) is 0 Å². The molecule has 1 heterocycles.